The topological polar surface area (TPSA) is 80.4 Å². The Bertz CT molecular complexity index is 367. The van der Waals surface area contributed by atoms with Gasteiger partial charge in [0.1, 0.15) is 5.82 Å². The molecule has 0 spiro atoms. The smallest absolute Gasteiger partial charge is 0.126 e. The maximum Gasteiger partial charge on any atom is 0.126 e. The van der Waals surface area contributed by atoms with E-state index in [4.69, 9.17) is 10.5 Å². The maximum absolute atomic E-state index is 10.0. The highest BCUT2D eigenvalue weighted by atomic mass is 16.5. The van der Waals surface area contributed by atoms with Crippen molar-refractivity contribution in [2.45, 2.75) is 25.9 Å². The van der Waals surface area contributed by atoms with Gasteiger partial charge in [-0.2, -0.15) is 0 Å². The number of anilines is 2. The molecule has 1 atom stereocenters. The van der Waals surface area contributed by atoms with E-state index in [1.807, 2.05) is 6.92 Å². The summed E-state index contributed by atoms with van der Waals surface area (Å²) in [6, 6.07) is 3.60. The van der Waals surface area contributed by atoms with E-state index in [9.17, 15) is 5.11 Å². The van der Waals surface area contributed by atoms with Gasteiger partial charge in [0, 0.05) is 26.7 Å². The summed E-state index contributed by atoms with van der Waals surface area (Å²) in [5.41, 5.74) is 6.32. The summed E-state index contributed by atoms with van der Waals surface area (Å²) >= 11 is 0. The third-order valence-electron chi connectivity index (χ3n) is 2.62. The second-order valence-electron chi connectivity index (χ2n) is 4.46. The normalized spacial score (nSPS) is 14.4. The Hall–Kier alpha value is -1.33. The van der Waals surface area contributed by atoms with Crippen molar-refractivity contribution in [3.05, 3.63) is 17.8 Å². The third kappa shape index (κ3) is 4.58. The quantitative estimate of drug-likeness (QED) is 0.694. The highest BCUT2D eigenvalue weighted by molar-refractivity contribution is 5.49. The first-order valence-electron chi connectivity index (χ1n) is 5.63. The summed E-state index contributed by atoms with van der Waals surface area (Å²) in [6.45, 7) is 4.57. The molecule has 5 heteroatoms. The number of rotatable bonds is 6. The van der Waals surface area contributed by atoms with Crippen molar-refractivity contribution in [3.8, 4) is 0 Å². The molecule has 0 bridgehead atoms. The summed E-state index contributed by atoms with van der Waals surface area (Å²) in [6.07, 6.45) is 0.574. The molecule has 1 aromatic rings. The van der Waals surface area contributed by atoms with Crippen molar-refractivity contribution in [2.24, 2.45) is 0 Å². The summed E-state index contributed by atoms with van der Waals surface area (Å²) in [5.74, 6) is 0.717. The predicted octanol–water partition coefficient (Wildman–Crippen LogP) is 1.17. The van der Waals surface area contributed by atoms with E-state index in [0.717, 1.165) is 11.5 Å². The molecule has 1 aromatic heterocycles. The Labute approximate surface area is 102 Å². The monoisotopic (exact) mass is 239 g/mol. The highest BCUT2D eigenvalue weighted by Gasteiger charge is 2.19. The fourth-order valence-corrected chi connectivity index (χ4v) is 1.36. The molecule has 4 N–H and O–H groups in total. The van der Waals surface area contributed by atoms with Gasteiger partial charge in [0.05, 0.1) is 17.0 Å². The Morgan fingerprint density at radius 2 is 2.24 bits per heavy atom. The van der Waals surface area contributed by atoms with Crippen LogP contribution in [0.1, 0.15) is 19.0 Å². The summed E-state index contributed by atoms with van der Waals surface area (Å²) in [5, 5.41) is 13.1. The summed E-state index contributed by atoms with van der Waals surface area (Å²) < 4.78 is 4.94. The molecular formula is C12H21N3O2. The SMILES string of the molecule is COCCC(C)(O)CNc1ccc(N)c(C)n1. The molecule has 0 aliphatic carbocycles. The van der Waals surface area contributed by atoms with Gasteiger partial charge in [-0.15, -0.1) is 0 Å². The number of nitrogens with two attached hydrogens (primary N) is 1. The van der Waals surface area contributed by atoms with Crippen molar-refractivity contribution < 1.29 is 9.84 Å². The van der Waals surface area contributed by atoms with Gasteiger partial charge in [-0.3, -0.25) is 0 Å². The second kappa shape index (κ2) is 5.84. The van der Waals surface area contributed by atoms with Gasteiger partial charge in [0.25, 0.3) is 0 Å². The van der Waals surface area contributed by atoms with Crippen LogP contribution in [0.2, 0.25) is 0 Å². The van der Waals surface area contributed by atoms with E-state index in [0.29, 0.717) is 25.3 Å². The van der Waals surface area contributed by atoms with E-state index < -0.39 is 5.60 Å². The second-order valence-corrected chi connectivity index (χ2v) is 4.46. The van der Waals surface area contributed by atoms with Crippen molar-refractivity contribution in [3.63, 3.8) is 0 Å². The minimum absolute atomic E-state index is 0.423. The van der Waals surface area contributed by atoms with Gasteiger partial charge >= 0.3 is 0 Å². The van der Waals surface area contributed by atoms with Crippen LogP contribution in [0.3, 0.4) is 0 Å². The minimum atomic E-state index is -0.813. The molecule has 0 aliphatic rings. The lowest BCUT2D eigenvalue weighted by Gasteiger charge is -2.23. The van der Waals surface area contributed by atoms with Crippen LogP contribution < -0.4 is 11.1 Å². The number of hydrogen-bond donors (Lipinski definition) is 3. The van der Waals surface area contributed by atoms with Crippen LogP contribution in [0.5, 0.6) is 0 Å². The standard InChI is InChI=1S/C12H21N3O2/c1-9-10(13)4-5-11(15-9)14-8-12(2,16)6-7-17-3/h4-5,16H,6-8,13H2,1-3H3,(H,14,15). The Balaban J connectivity index is 2.51. The average Bonchev–Trinajstić information content (AvgIpc) is 2.28. The zero-order valence-electron chi connectivity index (χ0n) is 10.7. The molecule has 0 aliphatic heterocycles. The Kier molecular flexibility index (Phi) is 4.72. The first kappa shape index (κ1) is 13.7. The fourth-order valence-electron chi connectivity index (χ4n) is 1.36. The van der Waals surface area contributed by atoms with Gasteiger partial charge in [0.2, 0.25) is 0 Å². The van der Waals surface area contributed by atoms with E-state index in [2.05, 4.69) is 10.3 Å². The van der Waals surface area contributed by atoms with Crippen LogP contribution in [-0.4, -0.2) is 36.0 Å². The number of ether oxygens (including phenoxy) is 1. The molecule has 5 nitrogen and oxygen atoms in total. The Morgan fingerprint density at radius 3 is 2.82 bits per heavy atom. The van der Waals surface area contributed by atoms with Gasteiger partial charge in [0.15, 0.2) is 0 Å². The summed E-state index contributed by atoms with van der Waals surface area (Å²) in [4.78, 5) is 4.28. The molecular weight excluding hydrogens is 218 g/mol. The van der Waals surface area contributed by atoms with Crippen molar-refractivity contribution in [1.82, 2.24) is 4.98 Å². The number of aryl methyl sites for hydroxylation is 1. The zero-order valence-corrected chi connectivity index (χ0v) is 10.7. The molecule has 0 radical (unpaired) electrons. The van der Waals surface area contributed by atoms with E-state index in [1.54, 1.807) is 26.2 Å². The number of hydrogen-bond acceptors (Lipinski definition) is 5. The van der Waals surface area contributed by atoms with Crippen LogP contribution in [0.25, 0.3) is 0 Å². The van der Waals surface area contributed by atoms with Crippen LogP contribution >= 0.6 is 0 Å². The van der Waals surface area contributed by atoms with Gasteiger partial charge in [-0.05, 0) is 26.0 Å². The highest BCUT2D eigenvalue weighted by Crippen LogP contribution is 2.14. The number of aliphatic hydroxyl groups is 1. The molecule has 1 heterocycles. The predicted molar refractivity (Wildman–Crippen MR) is 69.0 cm³/mol. The number of nitrogen functional groups attached to an aromatic ring is 1. The number of methoxy groups -OCH3 is 1. The average molecular weight is 239 g/mol. The lowest BCUT2D eigenvalue weighted by Crippen LogP contribution is -2.34. The largest absolute Gasteiger partial charge is 0.397 e. The van der Waals surface area contributed by atoms with Crippen LogP contribution in [0.4, 0.5) is 11.5 Å². The van der Waals surface area contributed by atoms with Gasteiger partial charge < -0.3 is 20.9 Å². The first-order valence-corrected chi connectivity index (χ1v) is 5.63. The molecule has 1 rings (SSSR count). The van der Waals surface area contributed by atoms with Crippen molar-refractivity contribution in [1.29, 1.82) is 0 Å². The molecule has 0 amide bonds. The number of nitrogens with zero attached hydrogens (tertiary/aromatic N) is 1. The van der Waals surface area contributed by atoms with Crippen molar-refractivity contribution in [2.75, 3.05) is 31.3 Å². The van der Waals surface area contributed by atoms with E-state index in [1.165, 1.54) is 0 Å². The number of nitrogens with one attached hydrogen (secondary N) is 1. The first-order chi connectivity index (χ1) is 7.94. The lowest BCUT2D eigenvalue weighted by molar-refractivity contribution is 0.0357. The minimum Gasteiger partial charge on any atom is -0.397 e. The summed E-state index contributed by atoms with van der Waals surface area (Å²) in [7, 11) is 1.62. The molecule has 0 fully saturated rings. The number of aromatic nitrogens is 1. The Morgan fingerprint density at radius 1 is 1.53 bits per heavy atom. The van der Waals surface area contributed by atoms with E-state index >= 15 is 0 Å². The van der Waals surface area contributed by atoms with Gasteiger partial charge in [-0.1, -0.05) is 0 Å². The van der Waals surface area contributed by atoms with Gasteiger partial charge in [-0.25, -0.2) is 4.98 Å². The number of pyridine rings is 1. The zero-order chi connectivity index (χ0) is 12.9. The molecule has 0 aromatic carbocycles. The molecule has 96 valence electrons. The van der Waals surface area contributed by atoms with Crippen LogP contribution in [-0.2, 0) is 4.74 Å². The molecule has 17 heavy (non-hydrogen) atoms. The maximum atomic E-state index is 10.0. The van der Waals surface area contributed by atoms with Crippen LogP contribution in [0, 0.1) is 6.92 Å². The fraction of sp³-hybridized carbons (Fsp3) is 0.583. The molecule has 1 unspecified atom stereocenters. The van der Waals surface area contributed by atoms with E-state index in [-0.39, 0.29) is 0 Å². The van der Waals surface area contributed by atoms with Crippen LogP contribution in [0.15, 0.2) is 12.1 Å². The molecule has 0 saturated carbocycles. The van der Waals surface area contributed by atoms with Crippen molar-refractivity contribution >= 4 is 11.5 Å². The molecule has 0 saturated heterocycles. The third-order valence-corrected chi connectivity index (χ3v) is 2.62. The lowest BCUT2D eigenvalue weighted by atomic mass is 10.0.